The quantitative estimate of drug-likeness (QED) is 0.946. The number of hydrogen-bond donors (Lipinski definition) is 1. The third kappa shape index (κ3) is 2.96. The number of fused-ring (bicyclic) bond motifs is 1. The van der Waals surface area contributed by atoms with Gasteiger partial charge in [-0.15, -0.1) is 0 Å². The molecule has 0 bridgehead atoms. The molecule has 1 amide bonds. The number of carbonyl (C=O) groups excluding carboxylic acids is 1. The number of amides is 1. The van der Waals surface area contributed by atoms with Crippen LogP contribution in [0.15, 0.2) is 42.6 Å². The number of carbonyl (C=O) groups is 1. The molecule has 22 heavy (non-hydrogen) atoms. The van der Waals surface area contributed by atoms with Crippen LogP contribution in [0.4, 0.5) is 5.82 Å². The summed E-state index contributed by atoms with van der Waals surface area (Å²) in [4.78, 5) is 19.1. The number of anilines is 1. The van der Waals surface area contributed by atoms with E-state index in [9.17, 15) is 4.79 Å². The minimum atomic E-state index is 0.0470. The van der Waals surface area contributed by atoms with Gasteiger partial charge in [0, 0.05) is 25.3 Å². The fraction of sp³-hybridized carbons (Fsp3) is 0.333. The Morgan fingerprint density at radius 2 is 1.95 bits per heavy atom. The lowest BCUT2D eigenvalue weighted by atomic mass is 9.99. The van der Waals surface area contributed by atoms with E-state index in [1.807, 2.05) is 36.9 Å². The highest BCUT2D eigenvalue weighted by atomic mass is 16.2. The molecular formula is C18H21N3O. The standard InChI is InChI=1S/C18H21N3O/c1-13(2)20-17-16(8-5-10-19-17)18(22)21-11-9-14-6-3-4-7-15(14)12-21/h3-8,10,13H,9,11-12H2,1-2H3,(H,19,20). The molecule has 4 heteroatoms. The van der Waals surface area contributed by atoms with E-state index in [0.717, 1.165) is 13.0 Å². The molecule has 0 radical (unpaired) electrons. The maximum atomic E-state index is 12.9. The molecule has 4 nitrogen and oxygen atoms in total. The lowest BCUT2D eigenvalue weighted by molar-refractivity contribution is 0.0735. The van der Waals surface area contributed by atoms with Crippen LogP contribution in [0.3, 0.4) is 0 Å². The summed E-state index contributed by atoms with van der Waals surface area (Å²) in [7, 11) is 0. The van der Waals surface area contributed by atoms with E-state index in [2.05, 4.69) is 28.5 Å². The third-order valence-electron chi connectivity index (χ3n) is 3.88. The van der Waals surface area contributed by atoms with Crippen molar-refractivity contribution in [3.05, 3.63) is 59.3 Å². The average Bonchev–Trinajstić information content (AvgIpc) is 2.54. The molecule has 2 aromatic rings. The summed E-state index contributed by atoms with van der Waals surface area (Å²) in [5.74, 6) is 0.715. The Kier molecular flexibility index (Phi) is 4.09. The first kappa shape index (κ1) is 14.6. The van der Waals surface area contributed by atoms with Gasteiger partial charge in [-0.25, -0.2) is 4.98 Å². The van der Waals surface area contributed by atoms with Gasteiger partial charge < -0.3 is 10.2 Å². The van der Waals surface area contributed by atoms with Crippen molar-refractivity contribution < 1.29 is 4.79 Å². The lowest BCUT2D eigenvalue weighted by Crippen LogP contribution is -2.36. The maximum absolute atomic E-state index is 12.9. The summed E-state index contributed by atoms with van der Waals surface area (Å²) in [6, 6.07) is 12.2. The van der Waals surface area contributed by atoms with Crippen LogP contribution in [0, 0.1) is 0 Å². The smallest absolute Gasteiger partial charge is 0.257 e. The van der Waals surface area contributed by atoms with Crippen LogP contribution in [0.5, 0.6) is 0 Å². The van der Waals surface area contributed by atoms with Gasteiger partial charge in [-0.3, -0.25) is 4.79 Å². The number of hydrogen-bond acceptors (Lipinski definition) is 3. The van der Waals surface area contributed by atoms with E-state index >= 15 is 0 Å². The van der Waals surface area contributed by atoms with Crippen LogP contribution in [0.2, 0.25) is 0 Å². The molecule has 3 rings (SSSR count). The monoisotopic (exact) mass is 295 g/mol. The highest BCUT2D eigenvalue weighted by molar-refractivity contribution is 5.98. The number of aromatic nitrogens is 1. The van der Waals surface area contributed by atoms with Crippen molar-refractivity contribution in [3.8, 4) is 0 Å². The molecule has 0 atom stereocenters. The Balaban J connectivity index is 1.84. The van der Waals surface area contributed by atoms with Gasteiger partial charge in [0.15, 0.2) is 0 Å². The fourth-order valence-electron chi connectivity index (χ4n) is 2.81. The van der Waals surface area contributed by atoms with E-state index in [0.29, 0.717) is 17.9 Å². The molecule has 0 saturated heterocycles. The zero-order valence-electron chi connectivity index (χ0n) is 13.0. The summed E-state index contributed by atoms with van der Waals surface area (Å²) in [5.41, 5.74) is 3.23. The predicted molar refractivity (Wildman–Crippen MR) is 87.9 cm³/mol. The van der Waals surface area contributed by atoms with Crippen molar-refractivity contribution in [2.24, 2.45) is 0 Å². The van der Waals surface area contributed by atoms with Gasteiger partial charge in [0.2, 0.25) is 0 Å². The summed E-state index contributed by atoms with van der Waals surface area (Å²) < 4.78 is 0. The first-order valence-corrected chi connectivity index (χ1v) is 7.73. The van der Waals surface area contributed by atoms with E-state index in [4.69, 9.17) is 0 Å². The van der Waals surface area contributed by atoms with E-state index in [1.54, 1.807) is 6.20 Å². The Hall–Kier alpha value is -2.36. The first-order valence-electron chi connectivity index (χ1n) is 7.73. The van der Waals surface area contributed by atoms with Crippen LogP contribution in [0.1, 0.15) is 35.3 Å². The number of rotatable bonds is 3. The Morgan fingerprint density at radius 1 is 1.18 bits per heavy atom. The molecule has 1 aromatic heterocycles. The zero-order chi connectivity index (χ0) is 15.5. The van der Waals surface area contributed by atoms with Gasteiger partial charge >= 0.3 is 0 Å². The number of nitrogens with one attached hydrogen (secondary N) is 1. The summed E-state index contributed by atoms with van der Waals surface area (Å²) >= 11 is 0. The van der Waals surface area contributed by atoms with Gasteiger partial charge in [0.25, 0.3) is 5.91 Å². The summed E-state index contributed by atoms with van der Waals surface area (Å²) in [6.07, 6.45) is 2.63. The number of nitrogens with zero attached hydrogens (tertiary/aromatic N) is 2. The Bertz CT molecular complexity index is 682. The molecular weight excluding hydrogens is 274 g/mol. The van der Waals surface area contributed by atoms with E-state index in [1.165, 1.54) is 11.1 Å². The van der Waals surface area contributed by atoms with Crippen molar-refractivity contribution in [3.63, 3.8) is 0 Å². The second-order valence-corrected chi connectivity index (χ2v) is 5.94. The lowest BCUT2D eigenvalue weighted by Gasteiger charge is -2.29. The molecule has 1 aromatic carbocycles. The van der Waals surface area contributed by atoms with Gasteiger partial charge in [0.1, 0.15) is 5.82 Å². The third-order valence-corrected chi connectivity index (χ3v) is 3.88. The van der Waals surface area contributed by atoms with Crippen molar-refractivity contribution in [1.82, 2.24) is 9.88 Å². The normalized spacial score (nSPS) is 13.9. The number of benzene rings is 1. The topological polar surface area (TPSA) is 45.2 Å². The second-order valence-electron chi connectivity index (χ2n) is 5.94. The molecule has 1 aliphatic rings. The molecule has 2 heterocycles. The molecule has 0 saturated carbocycles. The average molecular weight is 295 g/mol. The van der Waals surface area contributed by atoms with Crippen LogP contribution in [0.25, 0.3) is 0 Å². The van der Waals surface area contributed by atoms with Crippen molar-refractivity contribution in [2.45, 2.75) is 32.9 Å². The minimum absolute atomic E-state index is 0.0470. The maximum Gasteiger partial charge on any atom is 0.257 e. The van der Waals surface area contributed by atoms with Crippen molar-refractivity contribution in [1.29, 1.82) is 0 Å². The molecule has 1 aliphatic heterocycles. The molecule has 0 unspecified atom stereocenters. The van der Waals surface area contributed by atoms with Crippen molar-refractivity contribution >= 4 is 11.7 Å². The number of pyridine rings is 1. The highest BCUT2D eigenvalue weighted by Crippen LogP contribution is 2.22. The highest BCUT2D eigenvalue weighted by Gasteiger charge is 2.23. The van der Waals surface area contributed by atoms with Gasteiger partial charge in [-0.05, 0) is 43.5 Å². The SMILES string of the molecule is CC(C)Nc1ncccc1C(=O)N1CCc2ccccc2C1. The van der Waals surface area contributed by atoms with E-state index in [-0.39, 0.29) is 11.9 Å². The molecule has 0 fully saturated rings. The van der Waals surface area contributed by atoms with Gasteiger partial charge in [0.05, 0.1) is 5.56 Å². The van der Waals surface area contributed by atoms with Crippen LogP contribution < -0.4 is 5.32 Å². The van der Waals surface area contributed by atoms with Crippen LogP contribution in [-0.4, -0.2) is 28.4 Å². The van der Waals surface area contributed by atoms with Crippen molar-refractivity contribution in [2.75, 3.05) is 11.9 Å². The Labute approximate surface area is 131 Å². The van der Waals surface area contributed by atoms with Crippen LogP contribution >= 0.6 is 0 Å². The largest absolute Gasteiger partial charge is 0.367 e. The molecule has 1 N–H and O–H groups in total. The first-order chi connectivity index (χ1) is 10.6. The summed E-state index contributed by atoms with van der Waals surface area (Å²) in [6.45, 7) is 5.51. The molecule has 0 spiro atoms. The molecule has 114 valence electrons. The minimum Gasteiger partial charge on any atom is -0.367 e. The predicted octanol–water partition coefficient (Wildman–Crippen LogP) is 3.10. The van der Waals surface area contributed by atoms with E-state index < -0.39 is 0 Å². The second kappa shape index (κ2) is 6.18. The Morgan fingerprint density at radius 3 is 2.73 bits per heavy atom. The van der Waals surface area contributed by atoms with Gasteiger partial charge in [-0.1, -0.05) is 24.3 Å². The van der Waals surface area contributed by atoms with Crippen LogP contribution in [-0.2, 0) is 13.0 Å². The molecule has 0 aliphatic carbocycles. The fourth-order valence-corrected chi connectivity index (χ4v) is 2.81. The van der Waals surface area contributed by atoms with Gasteiger partial charge in [-0.2, -0.15) is 0 Å². The zero-order valence-corrected chi connectivity index (χ0v) is 13.0. The summed E-state index contributed by atoms with van der Waals surface area (Å²) in [5, 5.41) is 3.25.